The molecule has 8 nitrogen and oxygen atoms in total. The Kier molecular flexibility index (Phi) is 5.38. The number of amides is 1. The van der Waals surface area contributed by atoms with Gasteiger partial charge in [-0.25, -0.2) is 15.0 Å². The molecule has 3 aromatic rings. The molecule has 0 unspecified atom stereocenters. The number of aromatic nitrogens is 4. The van der Waals surface area contributed by atoms with Gasteiger partial charge in [-0.3, -0.25) is 14.3 Å². The van der Waals surface area contributed by atoms with Crippen molar-refractivity contribution in [3.63, 3.8) is 0 Å². The highest BCUT2D eigenvalue weighted by molar-refractivity contribution is 6.33. The summed E-state index contributed by atoms with van der Waals surface area (Å²) in [7, 11) is 1.97. The van der Waals surface area contributed by atoms with Crippen molar-refractivity contribution in [2.45, 2.75) is 25.9 Å². The summed E-state index contributed by atoms with van der Waals surface area (Å²) in [5.41, 5.74) is 2.24. The molecular formula is C20H24ClN7O. The maximum atomic E-state index is 12.5. The van der Waals surface area contributed by atoms with Crippen LogP contribution in [-0.4, -0.2) is 62.0 Å². The van der Waals surface area contributed by atoms with Gasteiger partial charge in [-0.2, -0.15) is 0 Å². The Morgan fingerprint density at radius 2 is 1.97 bits per heavy atom. The van der Waals surface area contributed by atoms with Crippen molar-refractivity contribution in [1.82, 2.24) is 24.4 Å². The number of hydrogen-bond donors (Lipinski definition) is 1. The van der Waals surface area contributed by atoms with Gasteiger partial charge in [0, 0.05) is 32.2 Å². The number of piperazine rings is 1. The number of para-hydroxylation sites is 1. The number of benzene rings is 1. The monoisotopic (exact) mass is 413 g/mol. The van der Waals surface area contributed by atoms with Gasteiger partial charge in [0.25, 0.3) is 0 Å². The lowest BCUT2D eigenvalue weighted by Gasteiger charge is -2.44. The first kappa shape index (κ1) is 19.6. The van der Waals surface area contributed by atoms with Crippen molar-refractivity contribution >= 4 is 40.3 Å². The van der Waals surface area contributed by atoms with Crippen molar-refractivity contribution in [2.24, 2.45) is 7.05 Å². The van der Waals surface area contributed by atoms with E-state index < -0.39 is 0 Å². The molecule has 1 aliphatic heterocycles. The van der Waals surface area contributed by atoms with Gasteiger partial charge in [-0.1, -0.05) is 23.7 Å². The summed E-state index contributed by atoms with van der Waals surface area (Å²) in [4.78, 5) is 30.1. The number of hydrogen-bond acceptors (Lipinski definition) is 6. The average Bonchev–Trinajstić information content (AvgIpc) is 3.00. The molecular weight excluding hydrogens is 390 g/mol. The highest BCUT2D eigenvalue weighted by Crippen LogP contribution is 2.26. The normalized spacial score (nSPS) is 20.2. The third kappa shape index (κ3) is 3.90. The zero-order chi connectivity index (χ0) is 20.5. The summed E-state index contributed by atoms with van der Waals surface area (Å²) >= 11 is 6.14. The first-order valence-corrected chi connectivity index (χ1v) is 9.99. The van der Waals surface area contributed by atoms with Crippen LogP contribution in [0.3, 0.4) is 0 Å². The molecule has 0 radical (unpaired) electrons. The zero-order valence-corrected chi connectivity index (χ0v) is 17.5. The molecule has 2 atom stereocenters. The molecule has 4 rings (SSSR count). The van der Waals surface area contributed by atoms with E-state index in [1.165, 1.54) is 6.33 Å². The topological polar surface area (TPSA) is 79.2 Å². The molecule has 1 N–H and O–H groups in total. The van der Waals surface area contributed by atoms with E-state index in [-0.39, 0.29) is 18.0 Å². The highest BCUT2D eigenvalue weighted by Gasteiger charge is 2.33. The number of aryl methyl sites for hydroxylation is 1. The summed E-state index contributed by atoms with van der Waals surface area (Å²) < 4.78 is 2.00. The van der Waals surface area contributed by atoms with Gasteiger partial charge in [-0.05, 0) is 26.0 Å². The Morgan fingerprint density at radius 1 is 1.24 bits per heavy atom. The number of nitrogens with zero attached hydrogens (tertiary/aromatic N) is 6. The zero-order valence-electron chi connectivity index (χ0n) is 16.7. The van der Waals surface area contributed by atoms with E-state index in [2.05, 4.69) is 38.9 Å². The van der Waals surface area contributed by atoms with Gasteiger partial charge >= 0.3 is 0 Å². The molecule has 0 spiro atoms. The number of anilines is 2. The summed E-state index contributed by atoms with van der Waals surface area (Å²) in [5.74, 6) is 0.810. The molecule has 1 saturated heterocycles. The molecule has 0 saturated carbocycles. The smallest absolute Gasteiger partial charge is 0.238 e. The van der Waals surface area contributed by atoms with Crippen LogP contribution in [-0.2, 0) is 11.8 Å². The van der Waals surface area contributed by atoms with Crippen LogP contribution >= 0.6 is 11.6 Å². The van der Waals surface area contributed by atoms with Crippen LogP contribution in [0.15, 0.2) is 36.8 Å². The van der Waals surface area contributed by atoms with Crippen molar-refractivity contribution in [3.05, 3.63) is 41.8 Å². The van der Waals surface area contributed by atoms with Crippen LogP contribution in [0.4, 0.5) is 11.6 Å². The highest BCUT2D eigenvalue weighted by atomic mass is 35.5. The van der Waals surface area contributed by atoms with Crippen LogP contribution in [0.1, 0.15) is 13.8 Å². The van der Waals surface area contributed by atoms with Crippen molar-refractivity contribution in [3.8, 4) is 0 Å². The molecule has 3 heterocycles. The molecule has 1 fully saturated rings. The second-order valence-electron chi connectivity index (χ2n) is 7.53. The second kappa shape index (κ2) is 7.96. The number of halogens is 1. The predicted octanol–water partition coefficient (Wildman–Crippen LogP) is 2.55. The number of rotatable bonds is 4. The minimum absolute atomic E-state index is 0.0658. The van der Waals surface area contributed by atoms with E-state index in [9.17, 15) is 4.79 Å². The largest absolute Gasteiger partial charge is 0.334 e. The standard InChI is InChI=1S/C20H24ClN7O/c1-13-9-27(11-18(29)24-16-7-5-4-6-15(16)21)10-14(2)28(13)20-25-17-8-22-12-23-19(17)26(20)3/h4-8,12-14H,9-11H2,1-3H3,(H,24,29)/t13-,14+. The Hall–Kier alpha value is -2.71. The van der Waals surface area contributed by atoms with Gasteiger partial charge in [-0.15, -0.1) is 0 Å². The van der Waals surface area contributed by atoms with E-state index in [0.717, 1.165) is 30.2 Å². The molecule has 1 aliphatic rings. The molecule has 152 valence electrons. The number of carbonyl (C=O) groups excluding carboxylic acids is 1. The summed E-state index contributed by atoms with van der Waals surface area (Å²) in [6, 6.07) is 7.64. The maximum Gasteiger partial charge on any atom is 0.238 e. The first-order valence-electron chi connectivity index (χ1n) is 9.61. The van der Waals surface area contributed by atoms with Crippen molar-refractivity contribution in [2.75, 3.05) is 29.9 Å². The first-order chi connectivity index (χ1) is 13.9. The minimum Gasteiger partial charge on any atom is -0.334 e. The van der Waals surface area contributed by atoms with Gasteiger partial charge in [0.15, 0.2) is 5.65 Å². The van der Waals surface area contributed by atoms with Crippen LogP contribution < -0.4 is 10.2 Å². The Bertz CT molecular complexity index is 1020. The van der Waals surface area contributed by atoms with Crippen LogP contribution in [0.5, 0.6) is 0 Å². The van der Waals surface area contributed by atoms with E-state index in [1.807, 2.05) is 23.7 Å². The number of carbonyl (C=O) groups is 1. The SMILES string of the molecule is C[C@@H]1CN(CC(=O)Nc2ccccc2Cl)C[C@H](C)N1c1nc2cncnc2n1C. The quantitative estimate of drug-likeness (QED) is 0.708. The minimum atomic E-state index is -0.0658. The Morgan fingerprint density at radius 3 is 2.66 bits per heavy atom. The van der Waals surface area contributed by atoms with Crippen LogP contribution in [0.2, 0.25) is 5.02 Å². The summed E-state index contributed by atoms with van der Waals surface area (Å²) in [6.07, 6.45) is 3.27. The lowest BCUT2D eigenvalue weighted by Crippen LogP contribution is -2.58. The third-order valence-corrected chi connectivity index (χ3v) is 5.58. The van der Waals surface area contributed by atoms with Crippen molar-refractivity contribution < 1.29 is 4.79 Å². The molecule has 1 aromatic carbocycles. The van der Waals surface area contributed by atoms with Gasteiger partial charge < -0.3 is 10.2 Å². The van der Waals surface area contributed by atoms with Crippen LogP contribution in [0.25, 0.3) is 11.2 Å². The summed E-state index contributed by atoms with van der Waals surface area (Å²) in [5, 5.41) is 3.44. The number of imidazole rings is 1. The predicted molar refractivity (Wildman–Crippen MR) is 114 cm³/mol. The Labute approximate surface area is 174 Å². The van der Waals surface area contributed by atoms with Crippen LogP contribution in [0, 0.1) is 0 Å². The number of fused-ring (bicyclic) bond motifs is 1. The van der Waals surface area contributed by atoms with E-state index in [4.69, 9.17) is 16.6 Å². The Balaban J connectivity index is 1.45. The lowest BCUT2D eigenvalue weighted by molar-refractivity contribution is -0.117. The fourth-order valence-corrected chi connectivity index (χ4v) is 4.26. The molecule has 0 bridgehead atoms. The molecule has 2 aromatic heterocycles. The molecule has 29 heavy (non-hydrogen) atoms. The van der Waals surface area contributed by atoms with Crippen molar-refractivity contribution in [1.29, 1.82) is 0 Å². The fraction of sp³-hybridized carbons (Fsp3) is 0.400. The molecule has 0 aliphatic carbocycles. The van der Waals surface area contributed by atoms with E-state index in [1.54, 1.807) is 18.3 Å². The van der Waals surface area contributed by atoms with Gasteiger partial charge in [0.05, 0.1) is 23.5 Å². The fourth-order valence-electron chi connectivity index (χ4n) is 4.07. The molecule has 1 amide bonds. The van der Waals surface area contributed by atoms with E-state index >= 15 is 0 Å². The van der Waals surface area contributed by atoms with Gasteiger partial charge in [0.2, 0.25) is 11.9 Å². The van der Waals surface area contributed by atoms with E-state index in [0.29, 0.717) is 17.3 Å². The summed E-state index contributed by atoms with van der Waals surface area (Å²) in [6.45, 7) is 6.14. The average molecular weight is 414 g/mol. The molecule has 9 heteroatoms. The second-order valence-corrected chi connectivity index (χ2v) is 7.94. The lowest BCUT2D eigenvalue weighted by atomic mass is 10.1. The number of nitrogens with one attached hydrogen (secondary N) is 1. The third-order valence-electron chi connectivity index (χ3n) is 5.25. The van der Waals surface area contributed by atoms with Gasteiger partial charge in [0.1, 0.15) is 11.8 Å². The maximum absolute atomic E-state index is 12.5.